The largest absolute Gasteiger partial charge is 0.381 e. The van der Waals surface area contributed by atoms with E-state index in [1.165, 1.54) is 141 Å². The zero-order valence-corrected chi connectivity index (χ0v) is 19.8. The lowest BCUT2D eigenvalue weighted by atomic mass is 10.0. The molecule has 0 fully saturated rings. The van der Waals surface area contributed by atoms with E-state index < -0.39 is 0 Å². The maximum absolute atomic E-state index is 5.64. The summed E-state index contributed by atoms with van der Waals surface area (Å²) in [5.74, 6) is 0. The van der Waals surface area contributed by atoms with Crippen molar-refractivity contribution in [1.29, 1.82) is 0 Å². The van der Waals surface area contributed by atoms with Crippen LogP contribution in [0, 0.1) is 6.92 Å². The van der Waals surface area contributed by atoms with Crippen LogP contribution in [0.4, 0.5) is 0 Å². The second-order valence-electron chi connectivity index (χ2n) is 8.89. The summed E-state index contributed by atoms with van der Waals surface area (Å²) >= 11 is 0. The number of hydrogen-bond acceptors (Lipinski definition) is 1. The molecule has 0 aromatic heterocycles. The maximum atomic E-state index is 5.64. The molecule has 0 aromatic carbocycles. The van der Waals surface area contributed by atoms with E-state index in [0.717, 1.165) is 19.6 Å². The highest BCUT2D eigenvalue weighted by molar-refractivity contribution is 4.51. The molecule has 0 heterocycles. The summed E-state index contributed by atoms with van der Waals surface area (Å²) in [4.78, 5) is 0. The third-order valence-corrected chi connectivity index (χ3v) is 5.93. The van der Waals surface area contributed by atoms with E-state index in [-0.39, 0.29) is 0 Å². The molecule has 0 rings (SSSR count). The van der Waals surface area contributed by atoms with Crippen LogP contribution in [-0.2, 0) is 4.74 Å². The topological polar surface area (TPSA) is 9.23 Å². The first-order chi connectivity index (χ1) is 13.9. The molecule has 0 bridgehead atoms. The molecule has 0 spiro atoms. The van der Waals surface area contributed by atoms with Crippen molar-refractivity contribution < 1.29 is 4.74 Å². The van der Waals surface area contributed by atoms with Gasteiger partial charge in [0.1, 0.15) is 0 Å². The van der Waals surface area contributed by atoms with Crippen LogP contribution in [0.5, 0.6) is 0 Å². The molecule has 0 aliphatic carbocycles. The van der Waals surface area contributed by atoms with Crippen LogP contribution in [0.2, 0.25) is 0 Å². The molecular weight excluding hydrogens is 340 g/mol. The summed E-state index contributed by atoms with van der Waals surface area (Å²) < 4.78 is 5.64. The first-order valence-electron chi connectivity index (χ1n) is 13.3. The Morgan fingerprint density at radius 2 is 0.679 bits per heavy atom. The molecule has 1 nitrogen and oxygen atoms in total. The van der Waals surface area contributed by atoms with E-state index in [0.29, 0.717) is 0 Å². The molecule has 28 heavy (non-hydrogen) atoms. The summed E-state index contributed by atoms with van der Waals surface area (Å²) in [6.07, 6.45) is 32.3. The minimum absolute atomic E-state index is 0.939. The molecule has 0 amide bonds. The average molecular weight is 396 g/mol. The van der Waals surface area contributed by atoms with Crippen molar-refractivity contribution in [2.24, 2.45) is 0 Å². The summed E-state index contributed by atoms with van der Waals surface area (Å²) in [6.45, 7) is 8.07. The standard InChI is InChI=1S/C27H55O/c1-3-5-7-8-9-10-11-12-13-14-15-16-17-18-19-20-21-22-23-25-27-28-26-24-6-4-2/h2-27H2,1H3. The lowest BCUT2D eigenvalue weighted by molar-refractivity contribution is 0.126. The fraction of sp³-hybridized carbons (Fsp3) is 0.963. The second kappa shape index (κ2) is 27.0. The molecular formula is C27H55O. The number of ether oxygens (including phenoxy) is 1. The van der Waals surface area contributed by atoms with E-state index in [9.17, 15) is 0 Å². The summed E-state index contributed by atoms with van der Waals surface area (Å²) in [6, 6.07) is 0. The summed E-state index contributed by atoms with van der Waals surface area (Å²) in [7, 11) is 0. The Morgan fingerprint density at radius 3 is 1.00 bits per heavy atom. The molecule has 0 saturated heterocycles. The van der Waals surface area contributed by atoms with Crippen molar-refractivity contribution in [3.63, 3.8) is 0 Å². The molecule has 169 valence electrons. The smallest absolute Gasteiger partial charge is 0.0466 e. The first kappa shape index (κ1) is 28.0. The highest BCUT2D eigenvalue weighted by Gasteiger charge is 1.96. The van der Waals surface area contributed by atoms with Crippen LogP contribution >= 0.6 is 0 Å². The lowest BCUT2D eigenvalue weighted by Crippen LogP contribution is -1.96. The van der Waals surface area contributed by atoms with Gasteiger partial charge in [-0.25, -0.2) is 0 Å². The van der Waals surface area contributed by atoms with Gasteiger partial charge in [-0.05, 0) is 12.8 Å². The Balaban J connectivity index is 2.96. The number of unbranched alkanes of at least 4 members (excludes halogenated alkanes) is 21. The fourth-order valence-electron chi connectivity index (χ4n) is 3.94. The van der Waals surface area contributed by atoms with Gasteiger partial charge in [0, 0.05) is 13.2 Å². The first-order valence-corrected chi connectivity index (χ1v) is 13.3. The zero-order chi connectivity index (χ0) is 20.4. The summed E-state index contributed by atoms with van der Waals surface area (Å²) in [5, 5.41) is 0. The van der Waals surface area contributed by atoms with Crippen molar-refractivity contribution in [1.82, 2.24) is 0 Å². The minimum Gasteiger partial charge on any atom is -0.381 e. The Morgan fingerprint density at radius 1 is 0.393 bits per heavy atom. The van der Waals surface area contributed by atoms with Crippen LogP contribution in [-0.4, -0.2) is 13.2 Å². The predicted octanol–water partition coefficient (Wildman–Crippen LogP) is 9.83. The van der Waals surface area contributed by atoms with Crippen LogP contribution in [0.15, 0.2) is 0 Å². The fourth-order valence-corrected chi connectivity index (χ4v) is 3.94. The van der Waals surface area contributed by atoms with Crippen molar-refractivity contribution in [2.75, 3.05) is 13.2 Å². The Hall–Kier alpha value is -0.0400. The van der Waals surface area contributed by atoms with Gasteiger partial charge in [0.2, 0.25) is 0 Å². The van der Waals surface area contributed by atoms with Crippen molar-refractivity contribution in [3.05, 3.63) is 6.92 Å². The number of hydrogen-bond donors (Lipinski definition) is 0. The molecule has 0 atom stereocenters. The normalized spacial score (nSPS) is 11.4. The van der Waals surface area contributed by atoms with E-state index in [4.69, 9.17) is 4.74 Å². The van der Waals surface area contributed by atoms with E-state index in [1.54, 1.807) is 0 Å². The Labute approximate surface area is 179 Å². The second-order valence-corrected chi connectivity index (χ2v) is 8.89. The van der Waals surface area contributed by atoms with Gasteiger partial charge in [-0.1, -0.05) is 149 Å². The molecule has 0 aromatic rings. The molecule has 0 unspecified atom stereocenters. The molecule has 1 radical (unpaired) electrons. The Bertz CT molecular complexity index is 225. The van der Waals surface area contributed by atoms with Gasteiger partial charge in [0.15, 0.2) is 0 Å². The predicted molar refractivity (Wildman–Crippen MR) is 128 cm³/mol. The van der Waals surface area contributed by atoms with Crippen LogP contribution in [0.3, 0.4) is 0 Å². The lowest BCUT2D eigenvalue weighted by Gasteiger charge is -2.05. The Kier molecular flexibility index (Phi) is 26.9. The van der Waals surface area contributed by atoms with E-state index >= 15 is 0 Å². The monoisotopic (exact) mass is 395 g/mol. The van der Waals surface area contributed by atoms with Gasteiger partial charge >= 0.3 is 0 Å². The minimum atomic E-state index is 0.939. The molecule has 0 aliphatic heterocycles. The van der Waals surface area contributed by atoms with E-state index in [1.807, 2.05) is 0 Å². The molecule has 0 aliphatic rings. The van der Waals surface area contributed by atoms with Crippen LogP contribution < -0.4 is 0 Å². The van der Waals surface area contributed by atoms with Crippen molar-refractivity contribution in [2.45, 2.75) is 155 Å². The quantitative estimate of drug-likeness (QED) is 0.140. The molecule has 0 N–H and O–H groups in total. The summed E-state index contributed by atoms with van der Waals surface area (Å²) in [5.41, 5.74) is 0. The third kappa shape index (κ3) is 26.0. The third-order valence-electron chi connectivity index (χ3n) is 5.93. The zero-order valence-electron chi connectivity index (χ0n) is 19.8. The van der Waals surface area contributed by atoms with E-state index in [2.05, 4.69) is 13.8 Å². The number of rotatable bonds is 25. The van der Waals surface area contributed by atoms with Gasteiger partial charge in [-0.15, -0.1) is 0 Å². The molecule has 1 heteroatoms. The van der Waals surface area contributed by atoms with Crippen LogP contribution in [0.1, 0.15) is 155 Å². The maximum Gasteiger partial charge on any atom is 0.0466 e. The SMILES string of the molecule is [CH2]CCCCOCCCCCCCCCCCCCCCCCCCCCC. The van der Waals surface area contributed by atoms with Crippen molar-refractivity contribution in [3.8, 4) is 0 Å². The van der Waals surface area contributed by atoms with Gasteiger partial charge in [0.05, 0.1) is 0 Å². The van der Waals surface area contributed by atoms with Gasteiger partial charge < -0.3 is 4.74 Å². The van der Waals surface area contributed by atoms with Crippen LogP contribution in [0.25, 0.3) is 0 Å². The van der Waals surface area contributed by atoms with Crippen molar-refractivity contribution >= 4 is 0 Å². The average Bonchev–Trinajstić information content (AvgIpc) is 2.71. The van der Waals surface area contributed by atoms with Gasteiger partial charge in [0.25, 0.3) is 0 Å². The highest BCUT2D eigenvalue weighted by Crippen LogP contribution is 2.14. The van der Waals surface area contributed by atoms with Gasteiger partial charge in [-0.2, -0.15) is 0 Å². The molecule has 0 saturated carbocycles. The highest BCUT2D eigenvalue weighted by atomic mass is 16.5. The van der Waals surface area contributed by atoms with Gasteiger partial charge in [-0.3, -0.25) is 0 Å².